The number of ether oxygens (including phenoxy) is 1. The van der Waals surface area contributed by atoms with Gasteiger partial charge in [0.25, 0.3) is 0 Å². The lowest BCUT2D eigenvalue weighted by molar-refractivity contribution is -0.145. The van der Waals surface area contributed by atoms with Gasteiger partial charge in [-0.25, -0.2) is 9.61 Å². The van der Waals surface area contributed by atoms with Crippen LogP contribution in [0.4, 0.5) is 11.8 Å². The van der Waals surface area contributed by atoms with Gasteiger partial charge in [-0.1, -0.05) is 10.3 Å². The number of hydrogen-bond acceptors (Lipinski definition) is 10. The molecule has 0 aliphatic carbocycles. The van der Waals surface area contributed by atoms with E-state index in [1.807, 2.05) is 11.5 Å². The minimum Gasteiger partial charge on any atom is -0.461 e. The highest BCUT2D eigenvalue weighted by Gasteiger charge is 2.29. The predicted octanol–water partition coefficient (Wildman–Crippen LogP) is 1.92. The van der Waals surface area contributed by atoms with E-state index in [-0.39, 0.29) is 17.6 Å². The lowest BCUT2D eigenvalue weighted by atomic mass is 10.1. The summed E-state index contributed by atoms with van der Waals surface area (Å²) < 4.78 is 12.1. The van der Waals surface area contributed by atoms with E-state index in [0.29, 0.717) is 30.2 Å². The van der Waals surface area contributed by atoms with Crippen molar-refractivity contribution in [1.29, 1.82) is 0 Å². The molecular formula is C19H26N8O3. The molecule has 4 heterocycles. The van der Waals surface area contributed by atoms with Crippen LogP contribution in [0.5, 0.6) is 0 Å². The summed E-state index contributed by atoms with van der Waals surface area (Å²) in [4.78, 5) is 27.5. The Bertz CT molecular complexity index is 1070. The molecule has 4 rings (SSSR count). The van der Waals surface area contributed by atoms with Crippen LogP contribution in [0.3, 0.4) is 0 Å². The van der Waals surface area contributed by atoms with Gasteiger partial charge >= 0.3 is 5.97 Å². The van der Waals surface area contributed by atoms with Crippen LogP contribution in [-0.4, -0.2) is 60.5 Å². The fourth-order valence-corrected chi connectivity index (χ4v) is 3.46. The van der Waals surface area contributed by atoms with Crippen molar-refractivity contribution in [3.8, 4) is 0 Å². The van der Waals surface area contributed by atoms with Gasteiger partial charge in [0.2, 0.25) is 5.95 Å². The average Bonchev–Trinajstić information content (AvgIpc) is 3.35. The first-order valence-corrected chi connectivity index (χ1v) is 9.91. The molecular weight excluding hydrogens is 388 g/mol. The van der Waals surface area contributed by atoms with E-state index in [2.05, 4.69) is 46.3 Å². The van der Waals surface area contributed by atoms with Crippen molar-refractivity contribution in [2.45, 2.75) is 59.2 Å². The Kier molecular flexibility index (Phi) is 5.04. The molecule has 0 bridgehead atoms. The molecule has 11 nitrogen and oxygen atoms in total. The van der Waals surface area contributed by atoms with Gasteiger partial charge in [-0.15, -0.1) is 0 Å². The number of nitrogens with one attached hydrogen (secondary N) is 1. The minimum absolute atomic E-state index is 0.155. The van der Waals surface area contributed by atoms with E-state index < -0.39 is 0 Å². The third-order valence-corrected chi connectivity index (χ3v) is 4.78. The molecule has 160 valence electrons. The van der Waals surface area contributed by atoms with Crippen LogP contribution in [-0.2, 0) is 16.1 Å². The number of aryl methyl sites for hydroxylation is 1. The number of hydrogen-bond donors (Lipinski definition) is 1. The van der Waals surface area contributed by atoms with Gasteiger partial charge in [-0.3, -0.25) is 4.79 Å². The Morgan fingerprint density at radius 1 is 1.33 bits per heavy atom. The number of carbonyl (C=O) groups is 1. The maximum Gasteiger partial charge on any atom is 0.302 e. The Morgan fingerprint density at radius 2 is 2.13 bits per heavy atom. The van der Waals surface area contributed by atoms with Crippen LogP contribution in [0.1, 0.15) is 45.5 Å². The van der Waals surface area contributed by atoms with Gasteiger partial charge in [-0.2, -0.15) is 9.97 Å². The maximum atomic E-state index is 11.3. The molecule has 0 aromatic carbocycles. The first-order valence-electron chi connectivity index (χ1n) is 9.91. The number of imidazole rings is 1. The van der Waals surface area contributed by atoms with Gasteiger partial charge in [-0.05, 0) is 27.7 Å². The molecule has 1 atom stereocenters. The topological polar surface area (TPSA) is 124 Å². The second-order valence-corrected chi connectivity index (χ2v) is 8.55. The number of carbonyl (C=O) groups excluding carboxylic acids is 1. The fraction of sp³-hybridized carbons (Fsp3) is 0.579. The molecule has 30 heavy (non-hydrogen) atoms. The van der Waals surface area contributed by atoms with Gasteiger partial charge in [0.15, 0.2) is 17.0 Å². The van der Waals surface area contributed by atoms with E-state index >= 15 is 0 Å². The Balaban J connectivity index is 1.73. The van der Waals surface area contributed by atoms with Crippen molar-refractivity contribution in [2.24, 2.45) is 0 Å². The highest BCUT2D eigenvalue weighted by atomic mass is 16.6. The molecule has 1 saturated heterocycles. The van der Waals surface area contributed by atoms with Crippen LogP contribution < -0.4 is 10.2 Å². The van der Waals surface area contributed by atoms with Crippen molar-refractivity contribution in [3.05, 3.63) is 17.7 Å². The standard InChI is InChI=1S/C19H26N8O3/c1-11-14(25-30-24-11)9-27-10-20-15-16(26-7-6-13(8-26)29-12(2)28)21-18(22-17(15)27)23-19(3,4)5/h10,13H,6-9H2,1-5H3,(H,21,22,23)/t13-/m0/s1. The molecule has 3 aromatic rings. The zero-order chi connectivity index (χ0) is 21.5. The molecule has 0 saturated carbocycles. The summed E-state index contributed by atoms with van der Waals surface area (Å²) in [5.41, 5.74) is 2.60. The lowest BCUT2D eigenvalue weighted by Crippen LogP contribution is -2.29. The predicted molar refractivity (Wildman–Crippen MR) is 109 cm³/mol. The molecule has 0 amide bonds. The summed E-state index contributed by atoms with van der Waals surface area (Å²) >= 11 is 0. The van der Waals surface area contributed by atoms with Gasteiger partial charge < -0.3 is 19.5 Å². The summed E-state index contributed by atoms with van der Waals surface area (Å²) in [6.45, 7) is 11.2. The van der Waals surface area contributed by atoms with E-state index in [0.717, 1.165) is 30.2 Å². The highest BCUT2D eigenvalue weighted by Crippen LogP contribution is 2.29. The number of rotatable bonds is 5. The van der Waals surface area contributed by atoms with E-state index in [1.54, 1.807) is 6.33 Å². The smallest absolute Gasteiger partial charge is 0.302 e. The van der Waals surface area contributed by atoms with Crippen LogP contribution in [0.2, 0.25) is 0 Å². The van der Waals surface area contributed by atoms with Gasteiger partial charge in [0, 0.05) is 25.4 Å². The second-order valence-electron chi connectivity index (χ2n) is 8.55. The Hall–Kier alpha value is -3.24. The van der Waals surface area contributed by atoms with Crippen molar-refractivity contribution in [3.63, 3.8) is 0 Å². The van der Waals surface area contributed by atoms with Crippen LogP contribution in [0.25, 0.3) is 11.2 Å². The van der Waals surface area contributed by atoms with Gasteiger partial charge in [0.05, 0.1) is 19.4 Å². The summed E-state index contributed by atoms with van der Waals surface area (Å²) in [7, 11) is 0. The summed E-state index contributed by atoms with van der Waals surface area (Å²) in [6, 6.07) is 0. The molecule has 1 aliphatic heterocycles. The number of anilines is 2. The quantitative estimate of drug-likeness (QED) is 0.619. The molecule has 1 N–H and O–H groups in total. The molecule has 0 radical (unpaired) electrons. The molecule has 3 aromatic heterocycles. The summed E-state index contributed by atoms with van der Waals surface area (Å²) in [5, 5.41) is 11.2. The lowest BCUT2D eigenvalue weighted by Gasteiger charge is -2.23. The monoisotopic (exact) mass is 414 g/mol. The zero-order valence-electron chi connectivity index (χ0n) is 17.8. The number of fused-ring (bicyclic) bond motifs is 1. The first-order chi connectivity index (χ1) is 14.2. The minimum atomic E-state index is -0.273. The molecule has 0 unspecified atom stereocenters. The average molecular weight is 414 g/mol. The molecule has 11 heteroatoms. The molecule has 1 aliphatic rings. The first kappa shape index (κ1) is 20.0. The normalized spacial score (nSPS) is 17.0. The second kappa shape index (κ2) is 7.54. The van der Waals surface area contributed by atoms with E-state index in [9.17, 15) is 4.79 Å². The van der Waals surface area contributed by atoms with Crippen LogP contribution in [0, 0.1) is 6.92 Å². The number of nitrogens with zero attached hydrogens (tertiary/aromatic N) is 7. The Labute approximate surface area is 173 Å². The van der Waals surface area contributed by atoms with Crippen molar-refractivity contribution >= 4 is 28.9 Å². The van der Waals surface area contributed by atoms with Crippen molar-refractivity contribution in [1.82, 2.24) is 29.8 Å². The van der Waals surface area contributed by atoms with Crippen molar-refractivity contribution < 1.29 is 14.2 Å². The van der Waals surface area contributed by atoms with Crippen molar-refractivity contribution in [2.75, 3.05) is 23.3 Å². The van der Waals surface area contributed by atoms with Crippen LogP contribution >= 0.6 is 0 Å². The SMILES string of the molecule is CC(=O)O[C@H]1CCN(c2nc(NC(C)(C)C)nc3c2ncn3Cc2nonc2C)C1. The van der Waals surface area contributed by atoms with E-state index in [1.165, 1.54) is 6.92 Å². The molecule has 0 spiro atoms. The maximum absolute atomic E-state index is 11.3. The zero-order valence-corrected chi connectivity index (χ0v) is 17.8. The third kappa shape index (κ3) is 4.19. The number of esters is 1. The third-order valence-electron chi connectivity index (χ3n) is 4.78. The Morgan fingerprint density at radius 3 is 2.80 bits per heavy atom. The highest BCUT2D eigenvalue weighted by molar-refractivity contribution is 5.85. The fourth-order valence-electron chi connectivity index (χ4n) is 3.46. The largest absolute Gasteiger partial charge is 0.461 e. The molecule has 1 fully saturated rings. The van der Waals surface area contributed by atoms with E-state index in [4.69, 9.17) is 19.3 Å². The van der Waals surface area contributed by atoms with Gasteiger partial charge in [0.1, 0.15) is 17.5 Å². The number of aromatic nitrogens is 6. The summed E-state index contributed by atoms with van der Waals surface area (Å²) in [6.07, 6.45) is 2.31. The summed E-state index contributed by atoms with van der Waals surface area (Å²) in [5.74, 6) is 0.957. The van der Waals surface area contributed by atoms with Crippen LogP contribution in [0.15, 0.2) is 11.0 Å².